The van der Waals surface area contributed by atoms with Crippen molar-refractivity contribution in [3.05, 3.63) is 77.6 Å². The maximum atomic E-state index is 14.0. The molecule has 3 rings (SSSR count). The predicted octanol–water partition coefficient (Wildman–Crippen LogP) is 3.55. The first kappa shape index (κ1) is 17.8. The molecule has 2 heterocycles. The van der Waals surface area contributed by atoms with Crippen molar-refractivity contribution < 1.29 is 13.7 Å². The standard InChI is InChI=1S/C19H19FN4O2/c1-12-10-17(24-26-12)23-19(25)18(14-6-4-3-5-7-14)22-13(2)15-8-9-21-11-16(15)20/h3-11,13,18,22H,1-2H3,(H,23,24,25). The van der Waals surface area contributed by atoms with Gasteiger partial charge in [-0.3, -0.25) is 15.1 Å². The van der Waals surface area contributed by atoms with Crippen LogP contribution in [0, 0.1) is 12.7 Å². The van der Waals surface area contributed by atoms with E-state index >= 15 is 0 Å². The molecule has 2 aromatic heterocycles. The summed E-state index contributed by atoms with van der Waals surface area (Å²) in [5, 5.41) is 9.68. The highest BCUT2D eigenvalue weighted by atomic mass is 19.1. The van der Waals surface area contributed by atoms with Gasteiger partial charge < -0.3 is 9.84 Å². The molecule has 0 fully saturated rings. The lowest BCUT2D eigenvalue weighted by Crippen LogP contribution is -2.35. The molecular formula is C19H19FN4O2. The first-order valence-electron chi connectivity index (χ1n) is 8.19. The minimum absolute atomic E-state index is 0.314. The number of carbonyl (C=O) groups is 1. The number of amides is 1. The van der Waals surface area contributed by atoms with E-state index in [1.54, 1.807) is 26.0 Å². The van der Waals surface area contributed by atoms with Crippen LogP contribution in [0.25, 0.3) is 0 Å². The average molecular weight is 354 g/mol. The van der Waals surface area contributed by atoms with Gasteiger partial charge in [-0.05, 0) is 25.5 Å². The molecule has 7 heteroatoms. The highest BCUT2D eigenvalue weighted by Crippen LogP contribution is 2.22. The van der Waals surface area contributed by atoms with Crippen molar-refractivity contribution in [2.24, 2.45) is 0 Å². The van der Waals surface area contributed by atoms with Gasteiger partial charge in [0, 0.05) is 23.9 Å². The third kappa shape index (κ3) is 4.12. The van der Waals surface area contributed by atoms with Crippen LogP contribution in [0.1, 0.15) is 35.9 Å². The van der Waals surface area contributed by atoms with Gasteiger partial charge in [0.1, 0.15) is 17.6 Å². The van der Waals surface area contributed by atoms with Gasteiger partial charge in [0.2, 0.25) is 5.91 Å². The van der Waals surface area contributed by atoms with Crippen LogP contribution in [-0.4, -0.2) is 16.0 Å². The first-order chi connectivity index (χ1) is 12.5. The number of aryl methyl sites for hydroxylation is 1. The van der Waals surface area contributed by atoms with E-state index in [2.05, 4.69) is 20.8 Å². The van der Waals surface area contributed by atoms with E-state index in [4.69, 9.17) is 4.52 Å². The van der Waals surface area contributed by atoms with Crippen LogP contribution in [-0.2, 0) is 4.79 Å². The normalized spacial score (nSPS) is 13.2. The van der Waals surface area contributed by atoms with E-state index in [0.717, 1.165) is 11.8 Å². The Hall–Kier alpha value is -3.06. The maximum absolute atomic E-state index is 14.0. The number of nitrogens with zero attached hydrogens (tertiary/aromatic N) is 2. The summed E-state index contributed by atoms with van der Waals surface area (Å²) in [6, 6.07) is 11.3. The summed E-state index contributed by atoms with van der Waals surface area (Å²) < 4.78 is 19.0. The number of hydrogen-bond acceptors (Lipinski definition) is 5. The highest BCUT2D eigenvalue weighted by Gasteiger charge is 2.24. The summed E-state index contributed by atoms with van der Waals surface area (Å²) in [6.45, 7) is 3.53. The Balaban J connectivity index is 1.84. The lowest BCUT2D eigenvalue weighted by atomic mass is 10.0. The molecule has 0 aliphatic heterocycles. The Morgan fingerprint density at radius 2 is 2.00 bits per heavy atom. The van der Waals surface area contributed by atoms with Crippen molar-refractivity contribution in [1.82, 2.24) is 15.5 Å². The molecule has 0 radical (unpaired) electrons. The molecule has 1 aromatic carbocycles. The van der Waals surface area contributed by atoms with E-state index in [-0.39, 0.29) is 5.91 Å². The summed E-state index contributed by atoms with van der Waals surface area (Å²) in [6.07, 6.45) is 2.68. The van der Waals surface area contributed by atoms with E-state index in [1.165, 1.54) is 6.20 Å². The molecule has 0 saturated carbocycles. The molecule has 2 N–H and O–H groups in total. The van der Waals surface area contributed by atoms with Crippen LogP contribution in [0.5, 0.6) is 0 Å². The zero-order valence-electron chi connectivity index (χ0n) is 14.4. The second kappa shape index (κ2) is 7.88. The van der Waals surface area contributed by atoms with Crippen molar-refractivity contribution in [2.45, 2.75) is 25.9 Å². The van der Waals surface area contributed by atoms with Gasteiger partial charge in [-0.1, -0.05) is 35.5 Å². The van der Waals surface area contributed by atoms with E-state index < -0.39 is 17.9 Å². The number of carbonyl (C=O) groups excluding carboxylic acids is 1. The van der Waals surface area contributed by atoms with Gasteiger partial charge in [-0.2, -0.15) is 0 Å². The average Bonchev–Trinajstić information content (AvgIpc) is 3.05. The largest absolute Gasteiger partial charge is 0.360 e. The van der Waals surface area contributed by atoms with Gasteiger partial charge in [0.15, 0.2) is 5.82 Å². The monoisotopic (exact) mass is 354 g/mol. The molecule has 0 saturated heterocycles. The van der Waals surface area contributed by atoms with Gasteiger partial charge in [-0.15, -0.1) is 0 Å². The lowest BCUT2D eigenvalue weighted by molar-refractivity contribution is -0.118. The molecule has 2 unspecified atom stereocenters. The minimum atomic E-state index is -0.698. The van der Waals surface area contributed by atoms with Crippen molar-refractivity contribution in [1.29, 1.82) is 0 Å². The summed E-state index contributed by atoms with van der Waals surface area (Å²) in [4.78, 5) is 16.6. The number of anilines is 1. The molecule has 0 aliphatic carbocycles. The summed E-state index contributed by atoms with van der Waals surface area (Å²) in [5.74, 6) is 0.187. The third-order valence-electron chi connectivity index (χ3n) is 3.96. The number of pyridine rings is 1. The molecule has 3 aromatic rings. The number of nitrogens with one attached hydrogen (secondary N) is 2. The Morgan fingerprint density at radius 1 is 1.23 bits per heavy atom. The summed E-state index contributed by atoms with van der Waals surface area (Å²) in [7, 11) is 0. The van der Waals surface area contributed by atoms with Gasteiger partial charge in [-0.25, -0.2) is 4.39 Å². The Bertz CT molecular complexity index is 882. The van der Waals surface area contributed by atoms with Crippen molar-refractivity contribution >= 4 is 11.7 Å². The van der Waals surface area contributed by atoms with Crippen molar-refractivity contribution in [2.75, 3.05) is 5.32 Å². The fourth-order valence-corrected chi connectivity index (χ4v) is 2.67. The molecule has 1 amide bonds. The molecular weight excluding hydrogens is 335 g/mol. The second-order valence-corrected chi connectivity index (χ2v) is 5.94. The number of halogens is 1. The van der Waals surface area contributed by atoms with Crippen molar-refractivity contribution in [3.63, 3.8) is 0 Å². The van der Waals surface area contributed by atoms with Crippen LogP contribution in [0.4, 0.5) is 10.2 Å². The first-order valence-corrected chi connectivity index (χ1v) is 8.19. The molecule has 26 heavy (non-hydrogen) atoms. The zero-order valence-corrected chi connectivity index (χ0v) is 14.4. The third-order valence-corrected chi connectivity index (χ3v) is 3.96. The molecule has 134 valence electrons. The van der Waals surface area contributed by atoms with Crippen LogP contribution < -0.4 is 10.6 Å². The molecule has 0 spiro atoms. The van der Waals surface area contributed by atoms with E-state index in [9.17, 15) is 9.18 Å². The fourth-order valence-electron chi connectivity index (χ4n) is 2.67. The van der Waals surface area contributed by atoms with Crippen LogP contribution in [0.3, 0.4) is 0 Å². The summed E-state index contributed by atoms with van der Waals surface area (Å²) >= 11 is 0. The molecule has 2 atom stereocenters. The molecule has 0 bridgehead atoms. The smallest absolute Gasteiger partial charge is 0.247 e. The minimum Gasteiger partial charge on any atom is -0.360 e. The molecule has 0 aliphatic rings. The highest BCUT2D eigenvalue weighted by molar-refractivity contribution is 5.94. The van der Waals surface area contributed by atoms with Crippen LogP contribution >= 0.6 is 0 Å². The van der Waals surface area contributed by atoms with Gasteiger partial charge in [0.05, 0.1) is 6.20 Å². The number of benzene rings is 1. The number of aromatic nitrogens is 2. The molecule has 6 nitrogen and oxygen atoms in total. The Morgan fingerprint density at radius 3 is 2.65 bits per heavy atom. The van der Waals surface area contributed by atoms with Crippen LogP contribution in [0.2, 0.25) is 0 Å². The fraction of sp³-hybridized carbons (Fsp3) is 0.211. The van der Waals surface area contributed by atoms with E-state index in [0.29, 0.717) is 17.1 Å². The van der Waals surface area contributed by atoms with Crippen molar-refractivity contribution in [3.8, 4) is 0 Å². The van der Waals surface area contributed by atoms with Gasteiger partial charge >= 0.3 is 0 Å². The Kier molecular flexibility index (Phi) is 5.38. The maximum Gasteiger partial charge on any atom is 0.247 e. The second-order valence-electron chi connectivity index (χ2n) is 5.94. The van der Waals surface area contributed by atoms with Gasteiger partial charge in [0.25, 0.3) is 0 Å². The lowest BCUT2D eigenvalue weighted by Gasteiger charge is -2.23. The zero-order chi connectivity index (χ0) is 18.5. The predicted molar refractivity (Wildman–Crippen MR) is 94.8 cm³/mol. The number of hydrogen-bond donors (Lipinski definition) is 2. The SMILES string of the molecule is Cc1cc(NC(=O)C(NC(C)c2ccncc2F)c2ccccc2)no1. The Labute approximate surface area is 150 Å². The topological polar surface area (TPSA) is 80.0 Å². The number of rotatable bonds is 6. The van der Waals surface area contributed by atoms with E-state index in [1.807, 2.05) is 30.3 Å². The quantitative estimate of drug-likeness (QED) is 0.708. The summed E-state index contributed by atoms with van der Waals surface area (Å²) in [5.41, 5.74) is 1.19. The van der Waals surface area contributed by atoms with Crippen LogP contribution in [0.15, 0.2) is 59.4 Å².